The van der Waals surface area contributed by atoms with Crippen LogP contribution in [-0.2, 0) is 6.42 Å². The fourth-order valence-electron chi connectivity index (χ4n) is 2.19. The second-order valence-electron chi connectivity index (χ2n) is 4.36. The standard InChI is InChI=1S/C15H12ClNO/c16-12-3-1-2-10(7-12)6-11-8-14-13(4-5-17-14)15(18)9-11/h1-5,7-9,17-18H,6H2. The average molecular weight is 258 g/mol. The Morgan fingerprint density at radius 3 is 2.78 bits per heavy atom. The Morgan fingerprint density at radius 2 is 1.94 bits per heavy atom. The monoisotopic (exact) mass is 257 g/mol. The van der Waals surface area contributed by atoms with Crippen molar-refractivity contribution in [3.05, 3.63) is 64.8 Å². The third kappa shape index (κ3) is 2.07. The van der Waals surface area contributed by atoms with E-state index in [1.54, 1.807) is 6.07 Å². The van der Waals surface area contributed by atoms with E-state index in [1.165, 1.54) is 0 Å². The molecule has 0 aliphatic carbocycles. The van der Waals surface area contributed by atoms with Gasteiger partial charge in [-0.15, -0.1) is 0 Å². The molecule has 2 aromatic carbocycles. The van der Waals surface area contributed by atoms with E-state index in [-0.39, 0.29) is 0 Å². The summed E-state index contributed by atoms with van der Waals surface area (Å²) in [6.45, 7) is 0. The summed E-state index contributed by atoms with van der Waals surface area (Å²) in [5, 5.41) is 11.5. The first-order chi connectivity index (χ1) is 8.72. The van der Waals surface area contributed by atoms with Crippen molar-refractivity contribution in [3.8, 4) is 5.75 Å². The van der Waals surface area contributed by atoms with Crippen molar-refractivity contribution >= 4 is 22.5 Å². The van der Waals surface area contributed by atoms with Crippen LogP contribution in [0.25, 0.3) is 10.9 Å². The summed E-state index contributed by atoms with van der Waals surface area (Å²) in [5.41, 5.74) is 3.14. The second-order valence-corrected chi connectivity index (χ2v) is 4.80. The fraction of sp³-hybridized carbons (Fsp3) is 0.0667. The summed E-state index contributed by atoms with van der Waals surface area (Å²) < 4.78 is 0. The van der Waals surface area contributed by atoms with E-state index in [9.17, 15) is 5.11 Å². The second kappa shape index (κ2) is 4.39. The molecule has 90 valence electrons. The molecule has 3 rings (SSSR count). The smallest absolute Gasteiger partial charge is 0.125 e. The Labute approximate surface area is 110 Å². The van der Waals surface area contributed by atoms with E-state index >= 15 is 0 Å². The summed E-state index contributed by atoms with van der Waals surface area (Å²) in [6, 6.07) is 13.5. The lowest BCUT2D eigenvalue weighted by Crippen LogP contribution is -1.88. The molecule has 0 saturated carbocycles. The lowest BCUT2D eigenvalue weighted by molar-refractivity contribution is 0.481. The minimum Gasteiger partial charge on any atom is -0.507 e. The Bertz CT molecular complexity index is 703. The van der Waals surface area contributed by atoms with Crippen LogP contribution in [0.4, 0.5) is 0 Å². The van der Waals surface area contributed by atoms with Crippen LogP contribution in [0.3, 0.4) is 0 Å². The van der Waals surface area contributed by atoms with Gasteiger partial charge < -0.3 is 10.1 Å². The molecular weight excluding hydrogens is 246 g/mol. The van der Waals surface area contributed by atoms with Crippen LogP contribution in [-0.4, -0.2) is 10.1 Å². The molecule has 0 saturated heterocycles. The van der Waals surface area contributed by atoms with Crippen LogP contribution in [0.2, 0.25) is 5.02 Å². The van der Waals surface area contributed by atoms with Gasteiger partial charge in [0.2, 0.25) is 0 Å². The Morgan fingerprint density at radius 1 is 1.06 bits per heavy atom. The van der Waals surface area contributed by atoms with E-state index in [2.05, 4.69) is 11.1 Å². The number of benzene rings is 2. The molecule has 1 aromatic heterocycles. The summed E-state index contributed by atoms with van der Waals surface area (Å²) in [7, 11) is 0. The molecule has 0 atom stereocenters. The lowest BCUT2D eigenvalue weighted by atomic mass is 10.0. The minimum absolute atomic E-state index is 0.311. The summed E-state index contributed by atoms with van der Waals surface area (Å²) in [4.78, 5) is 3.11. The molecule has 1 heterocycles. The highest BCUT2D eigenvalue weighted by Gasteiger charge is 2.05. The molecule has 0 radical (unpaired) electrons. The lowest BCUT2D eigenvalue weighted by Gasteiger charge is -2.04. The van der Waals surface area contributed by atoms with E-state index in [0.29, 0.717) is 5.75 Å². The number of fused-ring (bicyclic) bond motifs is 1. The van der Waals surface area contributed by atoms with E-state index < -0.39 is 0 Å². The van der Waals surface area contributed by atoms with Gasteiger partial charge in [-0.05, 0) is 47.9 Å². The highest BCUT2D eigenvalue weighted by molar-refractivity contribution is 6.30. The van der Waals surface area contributed by atoms with E-state index in [1.807, 2.05) is 36.5 Å². The van der Waals surface area contributed by atoms with Crippen molar-refractivity contribution in [2.24, 2.45) is 0 Å². The van der Waals surface area contributed by atoms with Gasteiger partial charge in [0.1, 0.15) is 5.75 Å². The number of phenolic OH excluding ortho intramolecular Hbond substituents is 1. The molecular formula is C15H12ClNO. The molecule has 2 nitrogen and oxygen atoms in total. The van der Waals surface area contributed by atoms with Crippen molar-refractivity contribution < 1.29 is 5.11 Å². The summed E-state index contributed by atoms with van der Waals surface area (Å²) in [6.07, 6.45) is 2.58. The molecule has 2 N–H and O–H groups in total. The van der Waals surface area contributed by atoms with Gasteiger partial charge in [-0.25, -0.2) is 0 Å². The maximum Gasteiger partial charge on any atom is 0.125 e. The van der Waals surface area contributed by atoms with Crippen molar-refractivity contribution in [1.82, 2.24) is 4.98 Å². The van der Waals surface area contributed by atoms with Crippen LogP contribution in [0, 0.1) is 0 Å². The molecule has 0 amide bonds. The molecule has 0 aliphatic rings. The van der Waals surface area contributed by atoms with Crippen LogP contribution in [0.1, 0.15) is 11.1 Å². The van der Waals surface area contributed by atoms with Gasteiger partial charge in [0.05, 0.1) is 0 Å². The van der Waals surface area contributed by atoms with Gasteiger partial charge in [-0.3, -0.25) is 0 Å². The number of hydrogen-bond donors (Lipinski definition) is 2. The van der Waals surface area contributed by atoms with Gasteiger partial charge in [0, 0.05) is 22.1 Å². The molecule has 0 unspecified atom stereocenters. The average Bonchev–Trinajstić information content (AvgIpc) is 2.77. The predicted octanol–water partition coefficient (Wildman–Crippen LogP) is 4.12. The minimum atomic E-state index is 0.311. The first-order valence-electron chi connectivity index (χ1n) is 5.76. The fourth-order valence-corrected chi connectivity index (χ4v) is 2.40. The van der Waals surface area contributed by atoms with Crippen LogP contribution < -0.4 is 0 Å². The molecule has 3 heteroatoms. The molecule has 0 bridgehead atoms. The van der Waals surface area contributed by atoms with Crippen LogP contribution >= 0.6 is 11.6 Å². The zero-order valence-electron chi connectivity index (χ0n) is 9.65. The van der Waals surface area contributed by atoms with Crippen molar-refractivity contribution in [2.75, 3.05) is 0 Å². The normalized spacial score (nSPS) is 10.9. The summed E-state index contributed by atoms with van der Waals surface area (Å²) in [5.74, 6) is 0.311. The molecule has 18 heavy (non-hydrogen) atoms. The van der Waals surface area contributed by atoms with Gasteiger partial charge >= 0.3 is 0 Å². The van der Waals surface area contributed by atoms with Crippen molar-refractivity contribution in [2.45, 2.75) is 6.42 Å². The van der Waals surface area contributed by atoms with Gasteiger partial charge in [0.15, 0.2) is 0 Å². The molecule has 0 aliphatic heterocycles. The number of hydrogen-bond acceptors (Lipinski definition) is 1. The SMILES string of the molecule is Oc1cc(Cc2cccc(Cl)c2)cc2[nH]ccc12. The number of rotatable bonds is 2. The van der Waals surface area contributed by atoms with E-state index in [4.69, 9.17) is 11.6 Å². The van der Waals surface area contributed by atoms with Crippen molar-refractivity contribution in [1.29, 1.82) is 0 Å². The Kier molecular flexibility index (Phi) is 2.73. The Balaban J connectivity index is 1.99. The van der Waals surface area contributed by atoms with Gasteiger partial charge in [-0.2, -0.15) is 0 Å². The van der Waals surface area contributed by atoms with Gasteiger partial charge in [0.25, 0.3) is 0 Å². The van der Waals surface area contributed by atoms with Crippen LogP contribution in [0.15, 0.2) is 48.7 Å². The first-order valence-corrected chi connectivity index (χ1v) is 6.13. The van der Waals surface area contributed by atoms with Gasteiger partial charge in [-0.1, -0.05) is 23.7 Å². The number of aromatic hydroxyl groups is 1. The summed E-state index contributed by atoms with van der Waals surface area (Å²) >= 11 is 5.96. The quantitative estimate of drug-likeness (QED) is 0.712. The highest BCUT2D eigenvalue weighted by atomic mass is 35.5. The number of aromatic amines is 1. The Hall–Kier alpha value is -1.93. The number of phenols is 1. The van der Waals surface area contributed by atoms with Crippen molar-refractivity contribution in [3.63, 3.8) is 0 Å². The maximum atomic E-state index is 9.93. The number of aromatic nitrogens is 1. The zero-order valence-corrected chi connectivity index (χ0v) is 10.4. The number of nitrogens with one attached hydrogen (secondary N) is 1. The number of H-pyrrole nitrogens is 1. The third-order valence-electron chi connectivity index (χ3n) is 3.00. The van der Waals surface area contributed by atoms with E-state index in [0.717, 1.165) is 33.5 Å². The predicted molar refractivity (Wildman–Crippen MR) is 74.2 cm³/mol. The first kappa shape index (κ1) is 11.2. The molecule has 0 spiro atoms. The molecule has 3 aromatic rings. The topological polar surface area (TPSA) is 36.0 Å². The third-order valence-corrected chi connectivity index (χ3v) is 3.24. The highest BCUT2D eigenvalue weighted by Crippen LogP contribution is 2.27. The maximum absolute atomic E-state index is 9.93. The molecule has 0 fully saturated rings. The van der Waals surface area contributed by atoms with Crippen LogP contribution in [0.5, 0.6) is 5.75 Å². The zero-order chi connectivity index (χ0) is 12.5. The largest absolute Gasteiger partial charge is 0.507 e. The number of halogens is 1.